The summed E-state index contributed by atoms with van der Waals surface area (Å²) in [6.45, 7) is 0.194. The summed E-state index contributed by atoms with van der Waals surface area (Å²) in [7, 11) is 0. The molecule has 0 bridgehead atoms. The number of carbonyl (C=O) groups excluding carboxylic acids is 1. The number of carbonyl (C=O) groups is 1. The maximum atomic E-state index is 12.9. The first-order valence-corrected chi connectivity index (χ1v) is 5.34. The number of aromatic nitrogens is 3. The minimum atomic E-state index is -0.505. The number of aromatic amines is 1. The number of H-pyrrole nitrogens is 1. The molecule has 1 aromatic carbocycles. The molecule has 0 unspecified atom stereocenters. The predicted octanol–water partition coefficient (Wildman–Crippen LogP) is 1.11. The lowest BCUT2D eigenvalue weighted by atomic mass is 10.2. The second kappa shape index (κ2) is 5.01. The van der Waals surface area contributed by atoms with Gasteiger partial charge in [0.2, 0.25) is 11.8 Å². The summed E-state index contributed by atoms with van der Waals surface area (Å²) in [6, 6.07) is 4.19. The summed E-state index contributed by atoms with van der Waals surface area (Å²) in [6.07, 6.45) is 0. The van der Waals surface area contributed by atoms with Gasteiger partial charge in [-0.15, -0.1) is 5.10 Å². The molecule has 1 aromatic heterocycles. The Morgan fingerprint density at radius 2 is 2.33 bits per heavy atom. The van der Waals surface area contributed by atoms with E-state index in [1.165, 1.54) is 18.2 Å². The minimum absolute atomic E-state index is 0.00524. The molecule has 0 spiro atoms. The lowest BCUT2D eigenvalue weighted by Crippen LogP contribution is -2.24. The van der Waals surface area contributed by atoms with Gasteiger partial charge in [-0.25, -0.2) is 4.39 Å². The Balaban J connectivity index is 1.99. The van der Waals surface area contributed by atoms with E-state index in [2.05, 4.69) is 20.5 Å². The number of nitrogens with zero attached hydrogens (tertiary/aromatic N) is 2. The number of hydrogen-bond donors (Lipinski definition) is 3. The molecular weight excluding hydrogens is 261 g/mol. The van der Waals surface area contributed by atoms with Gasteiger partial charge in [0.05, 0.1) is 5.02 Å². The molecule has 0 aliphatic heterocycles. The molecule has 1 heterocycles. The fraction of sp³-hybridized carbons (Fsp3) is 0.100. The molecule has 4 N–H and O–H groups in total. The number of nitrogen functional groups attached to an aromatic ring is 1. The van der Waals surface area contributed by atoms with Gasteiger partial charge in [-0.05, 0) is 17.7 Å². The highest BCUT2D eigenvalue weighted by molar-refractivity contribution is 6.30. The van der Waals surface area contributed by atoms with Crippen LogP contribution in [0.5, 0.6) is 0 Å². The Morgan fingerprint density at radius 3 is 2.94 bits per heavy atom. The predicted molar refractivity (Wildman–Crippen MR) is 63.4 cm³/mol. The number of hydrogen-bond acceptors (Lipinski definition) is 4. The largest absolute Gasteiger partial charge is 0.366 e. The van der Waals surface area contributed by atoms with Crippen LogP contribution in [0.3, 0.4) is 0 Å². The zero-order chi connectivity index (χ0) is 13.1. The van der Waals surface area contributed by atoms with E-state index in [1.807, 2.05) is 0 Å². The standard InChI is InChI=1S/C10H9ClFN5O/c11-6-3-5(1-2-7(6)12)4-14-9(18)8-15-10(13)17-16-8/h1-3H,4H2,(H,14,18)(H3,13,15,16,17). The van der Waals surface area contributed by atoms with E-state index in [0.717, 1.165) is 0 Å². The van der Waals surface area contributed by atoms with Gasteiger partial charge >= 0.3 is 0 Å². The molecule has 0 atom stereocenters. The highest BCUT2D eigenvalue weighted by atomic mass is 35.5. The Hall–Kier alpha value is -2.15. The highest BCUT2D eigenvalue weighted by Crippen LogP contribution is 2.15. The fourth-order valence-corrected chi connectivity index (χ4v) is 1.50. The van der Waals surface area contributed by atoms with Crippen LogP contribution in [-0.2, 0) is 6.54 Å². The molecule has 18 heavy (non-hydrogen) atoms. The van der Waals surface area contributed by atoms with Gasteiger partial charge in [-0.1, -0.05) is 17.7 Å². The van der Waals surface area contributed by atoms with Crippen LogP contribution < -0.4 is 11.1 Å². The Morgan fingerprint density at radius 1 is 1.56 bits per heavy atom. The Kier molecular flexibility index (Phi) is 3.42. The van der Waals surface area contributed by atoms with Crippen LogP contribution in [0.25, 0.3) is 0 Å². The number of halogens is 2. The quantitative estimate of drug-likeness (QED) is 0.777. The zero-order valence-corrected chi connectivity index (χ0v) is 9.83. The number of nitrogens with two attached hydrogens (primary N) is 1. The number of anilines is 1. The van der Waals surface area contributed by atoms with E-state index in [4.69, 9.17) is 17.3 Å². The first kappa shape index (κ1) is 12.3. The van der Waals surface area contributed by atoms with Crippen LogP contribution in [0.15, 0.2) is 18.2 Å². The monoisotopic (exact) mass is 269 g/mol. The lowest BCUT2D eigenvalue weighted by Gasteiger charge is -2.04. The molecule has 0 saturated heterocycles. The number of benzene rings is 1. The van der Waals surface area contributed by atoms with Crippen LogP contribution in [0.4, 0.5) is 10.3 Å². The Labute approximate surface area is 106 Å². The topological polar surface area (TPSA) is 96.7 Å². The summed E-state index contributed by atoms with van der Waals surface area (Å²) in [5, 5.41) is 8.48. The van der Waals surface area contributed by atoms with Crippen molar-refractivity contribution in [3.8, 4) is 0 Å². The summed E-state index contributed by atoms with van der Waals surface area (Å²) in [4.78, 5) is 15.2. The third-order valence-corrected chi connectivity index (χ3v) is 2.44. The van der Waals surface area contributed by atoms with Gasteiger partial charge in [0.15, 0.2) is 0 Å². The van der Waals surface area contributed by atoms with E-state index in [0.29, 0.717) is 5.56 Å². The zero-order valence-electron chi connectivity index (χ0n) is 9.08. The third-order valence-electron chi connectivity index (χ3n) is 2.15. The van der Waals surface area contributed by atoms with Gasteiger partial charge in [-0.3, -0.25) is 9.89 Å². The SMILES string of the molecule is Nc1n[nH]c(C(=O)NCc2ccc(F)c(Cl)c2)n1. The van der Waals surface area contributed by atoms with E-state index in [9.17, 15) is 9.18 Å². The maximum absolute atomic E-state index is 12.9. The Bertz CT molecular complexity index is 585. The van der Waals surface area contributed by atoms with Gasteiger partial charge in [-0.2, -0.15) is 4.98 Å². The molecule has 0 fully saturated rings. The first-order valence-electron chi connectivity index (χ1n) is 4.96. The molecule has 8 heteroatoms. The van der Waals surface area contributed by atoms with Crippen molar-refractivity contribution in [1.82, 2.24) is 20.5 Å². The minimum Gasteiger partial charge on any atom is -0.366 e. The number of rotatable bonds is 3. The van der Waals surface area contributed by atoms with Gasteiger partial charge in [0.25, 0.3) is 5.91 Å². The van der Waals surface area contributed by atoms with Crippen molar-refractivity contribution in [3.05, 3.63) is 40.4 Å². The van der Waals surface area contributed by atoms with Crippen molar-refractivity contribution in [2.45, 2.75) is 6.54 Å². The summed E-state index contributed by atoms with van der Waals surface area (Å²) >= 11 is 5.62. The van der Waals surface area contributed by atoms with E-state index >= 15 is 0 Å². The lowest BCUT2D eigenvalue weighted by molar-refractivity contribution is 0.0941. The van der Waals surface area contributed by atoms with Crippen LogP contribution in [0.2, 0.25) is 5.02 Å². The molecule has 1 amide bonds. The van der Waals surface area contributed by atoms with Crippen LogP contribution in [0.1, 0.15) is 16.2 Å². The van der Waals surface area contributed by atoms with Crippen molar-refractivity contribution < 1.29 is 9.18 Å². The van der Waals surface area contributed by atoms with Crippen LogP contribution >= 0.6 is 11.6 Å². The number of nitrogens with one attached hydrogen (secondary N) is 2. The smallest absolute Gasteiger partial charge is 0.288 e. The molecule has 0 saturated carbocycles. The molecule has 0 aliphatic rings. The third kappa shape index (κ3) is 2.75. The van der Waals surface area contributed by atoms with Crippen LogP contribution in [-0.4, -0.2) is 21.1 Å². The average molecular weight is 270 g/mol. The summed E-state index contributed by atoms with van der Waals surface area (Å²) in [5.41, 5.74) is 5.94. The molecule has 0 radical (unpaired) electrons. The molecule has 0 aliphatic carbocycles. The van der Waals surface area contributed by atoms with E-state index < -0.39 is 11.7 Å². The van der Waals surface area contributed by atoms with Crippen molar-refractivity contribution >= 4 is 23.5 Å². The molecule has 94 valence electrons. The summed E-state index contributed by atoms with van der Waals surface area (Å²) in [5.74, 6) is -0.958. The first-order chi connectivity index (χ1) is 8.56. The highest BCUT2D eigenvalue weighted by Gasteiger charge is 2.10. The van der Waals surface area contributed by atoms with Crippen molar-refractivity contribution in [2.24, 2.45) is 0 Å². The molecule has 6 nitrogen and oxygen atoms in total. The molecule has 2 aromatic rings. The maximum Gasteiger partial charge on any atom is 0.288 e. The van der Waals surface area contributed by atoms with Gasteiger partial charge in [0.1, 0.15) is 5.82 Å². The van der Waals surface area contributed by atoms with Crippen molar-refractivity contribution in [3.63, 3.8) is 0 Å². The van der Waals surface area contributed by atoms with Crippen molar-refractivity contribution in [2.75, 3.05) is 5.73 Å². The van der Waals surface area contributed by atoms with Gasteiger partial charge in [0, 0.05) is 6.54 Å². The van der Waals surface area contributed by atoms with E-state index in [1.54, 1.807) is 0 Å². The van der Waals surface area contributed by atoms with Crippen LogP contribution in [0, 0.1) is 5.82 Å². The molecule has 2 rings (SSSR count). The number of amides is 1. The average Bonchev–Trinajstić information content (AvgIpc) is 2.77. The molecular formula is C10H9ClFN5O. The second-order valence-corrected chi connectivity index (χ2v) is 3.88. The van der Waals surface area contributed by atoms with Gasteiger partial charge < -0.3 is 11.1 Å². The fourth-order valence-electron chi connectivity index (χ4n) is 1.29. The van der Waals surface area contributed by atoms with Crippen molar-refractivity contribution in [1.29, 1.82) is 0 Å². The van der Waals surface area contributed by atoms with E-state index in [-0.39, 0.29) is 23.3 Å². The summed E-state index contributed by atoms with van der Waals surface area (Å²) < 4.78 is 12.9. The second-order valence-electron chi connectivity index (χ2n) is 3.47. The normalized spacial score (nSPS) is 10.3.